The summed E-state index contributed by atoms with van der Waals surface area (Å²) < 4.78 is 80.0. The predicted molar refractivity (Wildman–Crippen MR) is 65.8 cm³/mol. The Hall–Kier alpha value is -1.53. The molecule has 1 heterocycles. The van der Waals surface area contributed by atoms with Gasteiger partial charge in [-0.2, -0.15) is 26.3 Å². The molecule has 1 aliphatic carbocycles. The molecule has 0 spiro atoms. The minimum Gasteiger partial charge on any atom is -0.256 e. The predicted octanol–water partition coefficient (Wildman–Crippen LogP) is 4.68. The number of rotatable bonds is 1. The molecular formula is C14H13F6N. The van der Waals surface area contributed by atoms with E-state index in [-0.39, 0.29) is 6.08 Å². The fourth-order valence-electron chi connectivity index (χ4n) is 2.02. The van der Waals surface area contributed by atoms with Crippen LogP contribution in [-0.4, -0.2) is 22.8 Å². The number of hydrogen-bond acceptors (Lipinski definition) is 1. The quantitative estimate of drug-likeness (QED) is 0.686. The summed E-state index contributed by atoms with van der Waals surface area (Å²) in [6, 6.07) is 2.66. The molecule has 0 N–H and O–H groups in total. The maximum absolute atomic E-state index is 13.7. The molecule has 0 radical (unpaired) electrons. The number of aromatic nitrogens is 1. The largest absolute Gasteiger partial charge is 0.380 e. The van der Waals surface area contributed by atoms with Crippen LogP contribution in [-0.2, 0) is 5.41 Å². The average molecular weight is 309 g/mol. The Kier molecular flexibility index (Phi) is 3.20. The van der Waals surface area contributed by atoms with Gasteiger partial charge in [-0.15, -0.1) is 0 Å². The normalized spacial score (nSPS) is 23.0. The highest BCUT2D eigenvalue weighted by Gasteiger charge is 2.77. The Labute approximate surface area is 117 Å². The summed E-state index contributed by atoms with van der Waals surface area (Å²) in [7, 11) is 0. The number of allylic oxidation sites excluding steroid dienone is 2. The van der Waals surface area contributed by atoms with Crippen LogP contribution in [0.1, 0.15) is 32.0 Å². The molecule has 2 rings (SSSR count). The second kappa shape index (κ2) is 4.24. The number of hydrogen-bond donors (Lipinski definition) is 0. The van der Waals surface area contributed by atoms with Crippen molar-refractivity contribution in [2.24, 2.45) is 0 Å². The molecule has 0 aliphatic heterocycles. The highest BCUT2D eigenvalue weighted by atomic mass is 19.3. The Morgan fingerprint density at radius 1 is 1.00 bits per heavy atom. The van der Waals surface area contributed by atoms with Crippen LogP contribution >= 0.6 is 0 Å². The van der Waals surface area contributed by atoms with E-state index in [2.05, 4.69) is 4.98 Å². The SMILES string of the molecule is CC(C)(C)c1ccnc(C2=CC(F)(F)C(F)(F)C2(F)F)c1. The summed E-state index contributed by atoms with van der Waals surface area (Å²) in [4.78, 5) is 3.55. The van der Waals surface area contributed by atoms with Gasteiger partial charge in [0.2, 0.25) is 0 Å². The van der Waals surface area contributed by atoms with Crippen molar-refractivity contribution in [3.63, 3.8) is 0 Å². The Balaban J connectivity index is 2.58. The summed E-state index contributed by atoms with van der Waals surface area (Å²) in [6.45, 7) is 5.32. The third-order valence-corrected chi connectivity index (χ3v) is 3.38. The number of halogens is 6. The highest BCUT2D eigenvalue weighted by Crippen LogP contribution is 2.58. The van der Waals surface area contributed by atoms with Gasteiger partial charge < -0.3 is 0 Å². The first-order chi connectivity index (χ1) is 9.31. The van der Waals surface area contributed by atoms with Crippen LogP contribution in [0.4, 0.5) is 26.3 Å². The van der Waals surface area contributed by atoms with Crippen LogP contribution in [0.2, 0.25) is 0 Å². The van der Waals surface area contributed by atoms with Crippen molar-refractivity contribution in [2.75, 3.05) is 0 Å². The Bertz CT molecular complexity index is 598. The molecule has 0 saturated heterocycles. The van der Waals surface area contributed by atoms with Gasteiger partial charge in [-0.3, -0.25) is 4.98 Å². The second-order valence-electron chi connectivity index (χ2n) is 6.01. The lowest BCUT2D eigenvalue weighted by Gasteiger charge is -2.25. The van der Waals surface area contributed by atoms with Gasteiger partial charge in [0.25, 0.3) is 0 Å². The van der Waals surface area contributed by atoms with E-state index in [9.17, 15) is 26.3 Å². The number of alkyl halides is 6. The number of pyridine rings is 1. The van der Waals surface area contributed by atoms with Crippen LogP contribution in [0, 0.1) is 0 Å². The fourth-order valence-corrected chi connectivity index (χ4v) is 2.02. The fraction of sp³-hybridized carbons (Fsp3) is 0.500. The molecule has 116 valence electrons. The van der Waals surface area contributed by atoms with E-state index in [1.54, 1.807) is 20.8 Å². The lowest BCUT2D eigenvalue weighted by molar-refractivity contribution is -0.257. The lowest BCUT2D eigenvalue weighted by Crippen LogP contribution is -2.48. The van der Waals surface area contributed by atoms with Gasteiger partial charge in [-0.05, 0) is 23.1 Å². The van der Waals surface area contributed by atoms with E-state index in [0.717, 1.165) is 12.3 Å². The lowest BCUT2D eigenvalue weighted by atomic mass is 9.86. The summed E-state index contributed by atoms with van der Waals surface area (Å²) in [5.74, 6) is -15.3. The monoisotopic (exact) mass is 309 g/mol. The zero-order chi connectivity index (χ0) is 16.3. The van der Waals surface area contributed by atoms with Gasteiger partial charge in [0.1, 0.15) is 0 Å². The topological polar surface area (TPSA) is 12.9 Å². The van der Waals surface area contributed by atoms with Gasteiger partial charge >= 0.3 is 17.8 Å². The maximum Gasteiger partial charge on any atom is 0.380 e. The van der Waals surface area contributed by atoms with Crippen molar-refractivity contribution in [3.05, 3.63) is 35.7 Å². The van der Waals surface area contributed by atoms with Crippen molar-refractivity contribution in [2.45, 2.75) is 44.0 Å². The van der Waals surface area contributed by atoms with Gasteiger partial charge in [0.05, 0.1) is 11.3 Å². The molecule has 21 heavy (non-hydrogen) atoms. The van der Waals surface area contributed by atoms with Crippen molar-refractivity contribution in [1.82, 2.24) is 4.98 Å². The first kappa shape index (κ1) is 15.9. The van der Waals surface area contributed by atoms with E-state index in [0.29, 0.717) is 5.56 Å². The van der Waals surface area contributed by atoms with Crippen molar-refractivity contribution in [1.29, 1.82) is 0 Å². The van der Waals surface area contributed by atoms with Crippen LogP contribution in [0.5, 0.6) is 0 Å². The summed E-state index contributed by atoms with van der Waals surface area (Å²) in [5, 5.41) is 0. The molecule has 1 nitrogen and oxygen atoms in total. The molecule has 1 aromatic heterocycles. The van der Waals surface area contributed by atoms with E-state index < -0.39 is 34.4 Å². The van der Waals surface area contributed by atoms with Crippen molar-refractivity contribution < 1.29 is 26.3 Å². The zero-order valence-corrected chi connectivity index (χ0v) is 11.5. The molecule has 1 aliphatic rings. The first-order valence-corrected chi connectivity index (χ1v) is 6.14. The maximum atomic E-state index is 13.7. The second-order valence-corrected chi connectivity index (χ2v) is 6.01. The van der Waals surface area contributed by atoms with E-state index in [1.165, 1.54) is 6.07 Å². The molecule has 0 atom stereocenters. The minimum absolute atomic E-state index is 0.387. The molecular weight excluding hydrogens is 296 g/mol. The van der Waals surface area contributed by atoms with Crippen LogP contribution in [0.25, 0.3) is 5.57 Å². The summed E-state index contributed by atoms with van der Waals surface area (Å²) in [5.41, 5.74) is -1.94. The average Bonchev–Trinajstić information content (AvgIpc) is 2.46. The van der Waals surface area contributed by atoms with Crippen molar-refractivity contribution in [3.8, 4) is 0 Å². The third kappa shape index (κ3) is 2.22. The van der Waals surface area contributed by atoms with Gasteiger partial charge in [-0.25, -0.2) is 0 Å². The molecule has 0 aromatic carbocycles. The molecule has 0 unspecified atom stereocenters. The van der Waals surface area contributed by atoms with Gasteiger partial charge in [0.15, 0.2) is 0 Å². The third-order valence-electron chi connectivity index (χ3n) is 3.38. The smallest absolute Gasteiger partial charge is 0.256 e. The Morgan fingerprint density at radius 2 is 1.57 bits per heavy atom. The Morgan fingerprint density at radius 3 is 2.00 bits per heavy atom. The molecule has 0 bridgehead atoms. The minimum atomic E-state index is -5.46. The highest BCUT2D eigenvalue weighted by molar-refractivity contribution is 5.74. The van der Waals surface area contributed by atoms with Crippen LogP contribution in [0.15, 0.2) is 24.4 Å². The molecule has 0 saturated carbocycles. The number of nitrogens with zero attached hydrogens (tertiary/aromatic N) is 1. The summed E-state index contributed by atoms with van der Waals surface area (Å²) >= 11 is 0. The molecule has 0 fully saturated rings. The first-order valence-electron chi connectivity index (χ1n) is 6.14. The molecule has 0 amide bonds. The van der Waals surface area contributed by atoms with E-state index in [4.69, 9.17) is 0 Å². The van der Waals surface area contributed by atoms with Gasteiger partial charge in [0, 0.05) is 12.3 Å². The van der Waals surface area contributed by atoms with Crippen LogP contribution < -0.4 is 0 Å². The van der Waals surface area contributed by atoms with Gasteiger partial charge in [-0.1, -0.05) is 20.8 Å². The van der Waals surface area contributed by atoms with Crippen molar-refractivity contribution >= 4 is 5.57 Å². The van der Waals surface area contributed by atoms with Crippen LogP contribution in [0.3, 0.4) is 0 Å². The molecule has 7 heteroatoms. The summed E-state index contributed by atoms with van der Waals surface area (Å²) in [6.07, 6.45) is 0.753. The van der Waals surface area contributed by atoms with E-state index >= 15 is 0 Å². The zero-order valence-electron chi connectivity index (χ0n) is 11.5. The van der Waals surface area contributed by atoms with E-state index in [1.807, 2.05) is 0 Å². The standard InChI is InChI=1S/C14H13F6N/c1-11(2,3)8-4-5-21-10(6-8)9-7-12(15,16)14(19,20)13(9,17)18/h4-7H,1-3H3. The molecule has 1 aromatic rings.